The number of carbonyl (C=O) groups excluding carboxylic acids is 1. The molecule has 3 rings (SSSR count). The van der Waals surface area contributed by atoms with E-state index in [0.717, 1.165) is 21.3 Å². The highest BCUT2D eigenvalue weighted by Crippen LogP contribution is 2.26. The lowest BCUT2D eigenvalue weighted by Gasteiger charge is -2.28. The van der Waals surface area contributed by atoms with Gasteiger partial charge in [0.05, 0.1) is 11.9 Å². The normalized spacial score (nSPS) is 12.6. The van der Waals surface area contributed by atoms with Crippen LogP contribution < -0.4 is 9.62 Å². The Morgan fingerprint density at radius 3 is 2.41 bits per heavy atom. The molecular formula is C20H19ClN2O3S. The minimum Gasteiger partial charge on any atom is -0.324 e. The van der Waals surface area contributed by atoms with Gasteiger partial charge >= 0.3 is 0 Å². The van der Waals surface area contributed by atoms with Crippen LogP contribution in [0.1, 0.15) is 6.92 Å². The van der Waals surface area contributed by atoms with Crippen LogP contribution in [0.5, 0.6) is 0 Å². The fraction of sp³-hybridized carbons (Fsp3) is 0.150. The van der Waals surface area contributed by atoms with Gasteiger partial charge in [0.1, 0.15) is 6.04 Å². The molecule has 0 aromatic heterocycles. The van der Waals surface area contributed by atoms with E-state index in [2.05, 4.69) is 5.32 Å². The molecule has 0 aliphatic heterocycles. The SMILES string of the molecule is C[C@H](C(=O)Nc1cccc2ccccc12)N(c1cccc(Cl)c1)S(C)(=O)=O. The molecule has 0 saturated carbocycles. The van der Waals surface area contributed by atoms with Crippen LogP contribution in [0.4, 0.5) is 11.4 Å². The van der Waals surface area contributed by atoms with E-state index in [1.165, 1.54) is 6.07 Å². The van der Waals surface area contributed by atoms with Gasteiger partial charge < -0.3 is 5.32 Å². The molecule has 7 heteroatoms. The molecule has 1 amide bonds. The fourth-order valence-corrected chi connectivity index (χ4v) is 4.34. The maximum atomic E-state index is 12.9. The van der Waals surface area contributed by atoms with Gasteiger partial charge in [0.15, 0.2) is 0 Å². The fourth-order valence-electron chi connectivity index (χ4n) is 2.99. The first-order chi connectivity index (χ1) is 12.8. The number of nitrogens with one attached hydrogen (secondary N) is 1. The monoisotopic (exact) mass is 402 g/mol. The van der Waals surface area contributed by atoms with E-state index in [9.17, 15) is 13.2 Å². The van der Waals surface area contributed by atoms with Crippen LogP contribution >= 0.6 is 11.6 Å². The van der Waals surface area contributed by atoms with Crippen LogP contribution in [0.15, 0.2) is 66.7 Å². The summed E-state index contributed by atoms with van der Waals surface area (Å²) in [5, 5.41) is 5.10. The summed E-state index contributed by atoms with van der Waals surface area (Å²) in [7, 11) is -3.70. The first-order valence-corrected chi connectivity index (χ1v) is 10.5. The molecule has 140 valence electrons. The number of fused-ring (bicyclic) bond motifs is 1. The molecule has 0 saturated heterocycles. The van der Waals surface area contributed by atoms with Crippen molar-refractivity contribution in [3.05, 3.63) is 71.8 Å². The summed E-state index contributed by atoms with van der Waals surface area (Å²) in [5.74, 6) is -0.434. The number of sulfonamides is 1. The van der Waals surface area contributed by atoms with E-state index in [1.807, 2.05) is 36.4 Å². The molecule has 0 aliphatic carbocycles. The molecule has 0 aliphatic rings. The van der Waals surface area contributed by atoms with Gasteiger partial charge in [-0.05, 0) is 36.6 Å². The molecule has 0 unspecified atom stereocenters. The van der Waals surface area contributed by atoms with Gasteiger partial charge in [0.2, 0.25) is 15.9 Å². The predicted octanol–water partition coefficient (Wildman–Crippen LogP) is 4.29. The van der Waals surface area contributed by atoms with Crippen molar-refractivity contribution in [3.63, 3.8) is 0 Å². The minimum atomic E-state index is -3.70. The number of amides is 1. The molecular weight excluding hydrogens is 384 g/mol. The molecule has 0 heterocycles. The highest BCUT2D eigenvalue weighted by atomic mass is 35.5. The van der Waals surface area contributed by atoms with Gasteiger partial charge in [-0.2, -0.15) is 0 Å². The van der Waals surface area contributed by atoms with Crippen molar-refractivity contribution in [2.24, 2.45) is 0 Å². The Morgan fingerprint density at radius 1 is 1.04 bits per heavy atom. The van der Waals surface area contributed by atoms with E-state index in [0.29, 0.717) is 16.4 Å². The first kappa shape index (κ1) is 19.2. The first-order valence-electron chi connectivity index (χ1n) is 8.31. The second-order valence-corrected chi connectivity index (χ2v) is 8.53. The van der Waals surface area contributed by atoms with Gasteiger partial charge in [-0.25, -0.2) is 8.42 Å². The van der Waals surface area contributed by atoms with Crippen LogP contribution in [0.25, 0.3) is 10.8 Å². The van der Waals surface area contributed by atoms with E-state index >= 15 is 0 Å². The Morgan fingerprint density at radius 2 is 1.70 bits per heavy atom. The Hall–Kier alpha value is -2.57. The third-order valence-corrected chi connectivity index (χ3v) is 5.68. The van der Waals surface area contributed by atoms with Crippen molar-refractivity contribution in [1.82, 2.24) is 0 Å². The van der Waals surface area contributed by atoms with Crippen LogP contribution in [0.3, 0.4) is 0 Å². The second-order valence-electron chi connectivity index (χ2n) is 6.23. The Balaban J connectivity index is 1.94. The van der Waals surface area contributed by atoms with E-state index < -0.39 is 22.0 Å². The minimum absolute atomic E-state index is 0.338. The average Bonchev–Trinajstić information content (AvgIpc) is 2.61. The summed E-state index contributed by atoms with van der Waals surface area (Å²) in [6, 6.07) is 18.7. The van der Waals surface area contributed by atoms with Crippen molar-refractivity contribution in [2.45, 2.75) is 13.0 Å². The summed E-state index contributed by atoms with van der Waals surface area (Å²) in [4.78, 5) is 12.9. The predicted molar refractivity (Wildman–Crippen MR) is 111 cm³/mol. The zero-order valence-electron chi connectivity index (χ0n) is 14.9. The summed E-state index contributed by atoms with van der Waals surface area (Å²) in [6.07, 6.45) is 1.07. The summed E-state index contributed by atoms with van der Waals surface area (Å²) in [5.41, 5.74) is 0.968. The number of benzene rings is 3. The summed E-state index contributed by atoms with van der Waals surface area (Å²) >= 11 is 6.00. The molecule has 0 bridgehead atoms. The van der Waals surface area contributed by atoms with Gasteiger partial charge in [0, 0.05) is 16.1 Å². The Kier molecular flexibility index (Phi) is 5.39. The molecule has 0 fully saturated rings. The zero-order chi connectivity index (χ0) is 19.6. The molecule has 3 aromatic carbocycles. The number of halogens is 1. The van der Waals surface area contributed by atoms with Gasteiger partial charge in [-0.15, -0.1) is 0 Å². The average molecular weight is 403 g/mol. The van der Waals surface area contributed by atoms with Crippen molar-refractivity contribution < 1.29 is 13.2 Å². The number of hydrogen-bond donors (Lipinski definition) is 1. The number of anilines is 2. The van der Waals surface area contributed by atoms with Crippen LogP contribution in [0.2, 0.25) is 5.02 Å². The Labute approximate surface area is 163 Å². The lowest BCUT2D eigenvalue weighted by Crippen LogP contribution is -2.45. The molecule has 5 nitrogen and oxygen atoms in total. The van der Waals surface area contributed by atoms with E-state index in [4.69, 9.17) is 11.6 Å². The zero-order valence-corrected chi connectivity index (χ0v) is 16.5. The quantitative estimate of drug-likeness (QED) is 0.692. The van der Waals surface area contributed by atoms with Gasteiger partial charge in [-0.3, -0.25) is 9.10 Å². The topological polar surface area (TPSA) is 66.5 Å². The number of hydrogen-bond acceptors (Lipinski definition) is 3. The standard InChI is InChI=1S/C20H19ClN2O3S/c1-14(23(27(2,25)26)17-10-6-9-16(21)13-17)20(24)22-19-12-5-8-15-7-3-4-11-18(15)19/h3-14H,1-2H3,(H,22,24)/t14-/m1/s1. The third kappa shape index (κ3) is 4.23. The van der Waals surface area contributed by atoms with Crippen LogP contribution in [-0.2, 0) is 14.8 Å². The highest BCUT2D eigenvalue weighted by Gasteiger charge is 2.29. The van der Waals surface area contributed by atoms with Crippen molar-refractivity contribution in [3.8, 4) is 0 Å². The lowest BCUT2D eigenvalue weighted by atomic mass is 10.1. The molecule has 1 N–H and O–H groups in total. The number of rotatable bonds is 5. The van der Waals surface area contributed by atoms with Crippen LogP contribution in [-0.4, -0.2) is 26.6 Å². The molecule has 0 radical (unpaired) electrons. The van der Waals surface area contributed by atoms with Gasteiger partial charge in [-0.1, -0.05) is 54.1 Å². The summed E-state index contributed by atoms with van der Waals surface area (Å²) in [6.45, 7) is 1.54. The third-order valence-electron chi connectivity index (χ3n) is 4.20. The van der Waals surface area contributed by atoms with Crippen molar-refractivity contribution in [1.29, 1.82) is 0 Å². The molecule has 0 spiro atoms. The van der Waals surface area contributed by atoms with Crippen LogP contribution in [0, 0.1) is 0 Å². The smallest absolute Gasteiger partial charge is 0.248 e. The second kappa shape index (κ2) is 7.58. The summed E-state index contributed by atoms with van der Waals surface area (Å²) < 4.78 is 25.8. The molecule has 3 aromatic rings. The lowest BCUT2D eigenvalue weighted by molar-refractivity contribution is -0.116. The van der Waals surface area contributed by atoms with Gasteiger partial charge in [0.25, 0.3) is 0 Å². The molecule has 27 heavy (non-hydrogen) atoms. The Bertz CT molecular complexity index is 1090. The molecule has 1 atom stereocenters. The highest BCUT2D eigenvalue weighted by molar-refractivity contribution is 7.92. The van der Waals surface area contributed by atoms with E-state index in [1.54, 1.807) is 31.2 Å². The van der Waals surface area contributed by atoms with Crippen molar-refractivity contribution >= 4 is 49.7 Å². The van der Waals surface area contributed by atoms with Crippen molar-refractivity contribution in [2.75, 3.05) is 15.9 Å². The maximum absolute atomic E-state index is 12.9. The van der Waals surface area contributed by atoms with E-state index in [-0.39, 0.29) is 0 Å². The largest absolute Gasteiger partial charge is 0.324 e. The number of nitrogens with zero attached hydrogens (tertiary/aromatic N) is 1. The maximum Gasteiger partial charge on any atom is 0.248 e. The number of carbonyl (C=O) groups is 1.